The van der Waals surface area contributed by atoms with E-state index in [1.54, 1.807) is 23.1 Å². The van der Waals surface area contributed by atoms with Gasteiger partial charge in [0.2, 0.25) is 5.91 Å². The second-order valence-corrected chi connectivity index (χ2v) is 10.8. The fourth-order valence-electron chi connectivity index (χ4n) is 5.80. The van der Waals surface area contributed by atoms with Crippen molar-refractivity contribution >= 4 is 23.4 Å². The highest BCUT2D eigenvalue weighted by Gasteiger charge is 2.54. The van der Waals surface area contributed by atoms with Gasteiger partial charge >= 0.3 is 6.18 Å². The van der Waals surface area contributed by atoms with E-state index in [1.807, 2.05) is 35.2 Å². The first-order chi connectivity index (χ1) is 21.0. The molecule has 0 aliphatic carbocycles. The summed E-state index contributed by atoms with van der Waals surface area (Å²) in [5, 5.41) is 2.64. The van der Waals surface area contributed by atoms with E-state index in [2.05, 4.69) is 5.32 Å². The van der Waals surface area contributed by atoms with Gasteiger partial charge in [0.25, 0.3) is 11.8 Å². The van der Waals surface area contributed by atoms with E-state index in [1.165, 1.54) is 31.3 Å². The average molecular weight is 611 g/mol. The van der Waals surface area contributed by atoms with Crippen LogP contribution in [0.5, 0.6) is 11.5 Å². The van der Waals surface area contributed by atoms with Crippen molar-refractivity contribution in [3.05, 3.63) is 89.5 Å². The molecule has 12 heteroatoms. The third-order valence-corrected chi connectivity index (χ3v) is 8.14. The normalized spacial score (nSPS) is 16.3. The molecule has 0 saturated carbocycles. The van der Waals surface area contributed by atoms with Crippen molar-refractivity contribution in [2.45, 2.75) is 31.1 Å². The zero-order valence-electron chi connectivity index (χ0n) is 24.4. The molecule has 3 aromatic carbocycles. The Balaban J connectivity index is 1.29. The summed E-state index contributed by atoms with van der Waals surface area (Å²) < 4.78 is 49.9. The van der Waals surface area contributed by atoms with Crippen molar-refractivity contribution in [3.63, 3.8) is 0 Å². The van der Waals surface area contributed by atoms with Crippen LogP contribution in [0.3, 0.4) is 0 Å². The van der Waals surface area contributed by atoms with Gasteiger partial charge in [-0.1, -0.05) is 30.3 Å². The molecular formula is C32H33F3N4O5. The molecule has 1 spiro atoms. The summed E-state index contributed by atoms with van der Waals surface area (Å²) in [7, 11) is 3.02. The fourth-order valence-corrected chi connectivity index (χ4v) is 5.80. The maximum atomic E-state index is 14.0. The van der Waals surface area contributed by atoms with Crippen LogP contribution in [0.1, 0.15) is 34.3 Å². The van der Waals surface area contributed by atoms with Crippen LogP contribution >= 0.6 is 0 Å². The molecule has 2 saturated heterocycles. The number of anilines is 1. The minimum atomic E-state index is -4.49. The number of methoxy groups -OCH3 is 2. The third-order valence-electron chi connectivity index (χ3n) is 8.14. The van der Waals surface area contributed by atoms with Crippen molar-refractivity contribution in [1.29, 1.82) is 0 Å². The van der Waals surface area contributed by atoms with E-state index in [0.717, 1.165) is 17.8 Å². The predicted molar refractivity (Wildman–Crippen MR) is 156 cm³/mol. The number of alkyl halides is 3. The SMILES string of the molecule is COc1cc(OC)cc(C(=O)N2CCC3(CC2)C(=O)N(CC(=O)NCc2cccc(C(F)(F)F)c2)CN3c2ccccc2)c1. The van der Waals surface area contributed by atoms with Gasteiger partial charge in [-0.3, -0.25) is 14.4 Å². The molecule has 0 radical (unpaired) electrons. The Bertz CT molecular complexity index is 1500. The number of ether oxygens (including phenoxy) is 2. The number of benzene rings is 3. The smallest absolute Gasteiger partial charge is 0.416 e. The maximum Gasteiger partial charge on any atom is 0.416 e. The van der Waals surface area contributed by atoms with Crippen molar-refractivity contribution in [2.24, 2.45) is 0 Å². The van der Waals surface area contributed by atoms with Gasteiger partial charge in [0, 0.05) is 37.0 Å². The Kier molecular flexibility index (Phi) is 8.70. The number of nitrogens with zero attached hydrogens (tertiary/aromatic N) is 3. The van der Waals surface area contributed by atoms with Gasteiger partial charge in [-0.15, -0.1) is 0 Å². The molecule has 2 aliphatic heterocycles. The van der Waals surface area contributed by atoms with Gasteiger partial charge in [-0.2, -0.15) is 13.2 Å². The number of rotatable bonds is 8. The number of carbonyl (C=O) groups is 3. The largest absolute Gasteiger partial charge is 0.497 e. The van der Waals surface area contributed by atoms with Crippen LogP contribution in [0, 0.1) is 0 Å². The fraction of sp³-hybridized carbons (Fsp3) is 0.344. The molecule has 5 rings (SSSR count). The quantitative estimate of drug-likeness (QED) is 0.409. The lowest BCUT2D eigenvalue weighted by molar-refractivity contribution is -0.138. The van der Waals surface area contributed by atoms with Crippen LogP contribution in [-0.4, -0.2) is 73.6 Å². The Hall–Kier alpha value is -4.74. The van der Waals surface area contributed by atoms with Gasteiger partial charge in [0.1, 0.15) is 23.6 Å². The highest BCUT2D eigenvalue weighted by atomic mass is 19.4. The van der Waals surface area contributed by atoms with Crippen molar-refractivity contribution in [2.75, 3.05) is 45.4 Å². The molecule has 0 unspecified atom stereocenters. The van der Waals surface area contributed by atoms with E-state index in [-0.39, 0.29) is 31.6 Å². The Morgan fingerprint density at radius 3 is 2.18 bits per heavy atom. The Morgan fingerprint density at radius 2 is 1.57 bits per heavy atom. The molecule has 2 heterocycles. The van der Waals surface area contributed by atoms with Crippen molar-refractivity contribution in [1.82, 2.24) is 15.1 Å². The number of nitrogens with one attached hydrogen (secondary N) is 1. The van der Waals surface area contributed by atoms with Crippen LogP contribution in [0.25, 0.3) is 0 Å². The lowest BCUT2D eigenvalue weighted by Crippen LogP contribution is -2.57. The second-order valence-electron chi connectivity index (χ2n) is 10.8. The highest BCUT2D eigenvalue weighted by molar-refractivity contribution is 5.98. The highest BCUT2D eigenvalue weighted by Crippen LogP contribution is 2.40. The first-order valence-corrected chi connectivity index (χ1v) is 14.1. The van der Waals surface area contributed by atoms with Crippen LogP contribution in [-0.2, 0) is 22.3 Å². The average Bonchev–Trinajstić information content (AvgIpc) is 3.29. The van der Waals surface area contributed by atoms with E-state index < -0.39 is 23.2 Å². The van der Waals surface area contributed by atoms with E-state index in [9.17, 15) is 27.6 Å². The number of halogens is 3. The Morgan fingerprint density at radius 1 is 0.909 bits per heavy atom. The molecule has 9 nitrogen and oxygen atoms in total. The summed E-state index contributed by atoms with van der Waals surface area (Å²) in [6, 6.07) is 19.1. The Labute approximate surface area is 253 Å². The summed E-state index contributed by atoms with van der Waals surface area (Å²) in [6.45, 7) is 0.409. The van der Waals surface area contributed by atoms with Crippen molar-refractivity contribution < 1.29 is 37.0 Å². The lowest BCUT2D eigenvalue weighted by Gasteiger charge is -2.43. The van der Waals surface area contributed by atoms with Gasteiger partial charge in [-0.25, -0.2) is 0 Å². The zero-order chi connectivity index (χ0) is 31.5. The van der Waals surface area contributed by atoms with Crippen LogP contribution in [0.15, 0.2) is 72.8 Å². The van der Waals surface area contributed by atoms with Gasteiger partial charge in [0.15, 0.2) is 0 Å². The standard InChI is InChI=1S/C32H33F3N4O5/c1-43-26-16-23(17-27(18-26)44-2)29(41)37-13-11-31(12-14-37)30(42)38(21-39(31)25-9-4-3-5-10-25)20-28(40)36-19-22-7-6-8-24(15-22)32(33,34)35/h3-10,15-18H,11-14,19-21H2,1-2H3,(H,36,40). The number of piperidine rings is 1. The minimum absolute atomic E-state index is 0.107. The monoisotopic (exact) mass is 610 g/mol. The summed E-state index contributed by atoms with van der Waals surface area (Å²) in [6.07, 6.45) is -3.80. The second kappa shape index (κ2) is 12.5. The number of amides is 3. The maximum absolute atomic E-state index is 14.0. The number of carbonyl (C=O) groups excluding carboxylic acids is 3. The third kappa shape index (κ3) is 6.29. The molecule has 2 aliphatic rings. The van der Waals surface area contributed by atoms with E-state index >= 15 is 0 Å². The summed E-state index contributed by atoms with van der Waals surface area (Å²) >= 11 is 0. The van der Waals surface area contributed by atoms with Crippen LogP contribution in [0.2, 0.25) is 0 Å². The van der Waals surface area contributed by atoms with Crippen LogP contribution < -0.4 is 19.7 Å². The minimum Gasteiger partial charge on any atom is -0.497 e. The molecule has 3 aromatic rings. The molecule has 0 bridgehead atoms. The summed E-state index contributed by atoms with van der Waals surface area (Å²) in [4.78, 5) is 45.5. The van der Waals surface area contributed by atoms with Crippen molar-refractivity contribution in [3.8, 4) is 11.5 Å². The molecule has 0 aromatic heterocycles. The predicted octanol–water partition coefficient (Wildman–Crippen LogP) is 4.32. The van der Waals surface area contributed by atoms with E-state index in [4.69, 9.17) is 9.47 Å². The molecule has 2 fully saturated rings. The number of hydrogen-bond donors (Lipinski definition) is 1. The molecular weight excluding hydrogens is 577 g/mol. The number of hydrogen-bond acceptors (Lipinski definition) is 6. The molecule has 232 valence electrons. The zero-order valence-corrected chi connectivity index (χ0v) is 24.4. The summed E-state index contributed by atoms with van der Waals surface area (Å²) in [5.41, 5.74) is -0.242. The van der Waals surface area contributed by atoms with Gasteiger partial charge in [0.05, 0.1) is 26.5 Å². The first-order valence-electron chi connectivity index (χ1n) is 14.1. The molecule has 1 N–H and O–H groups in total. The van der Waals surface area contributed by atoms with Gasteiger partial charge in [-0.05, 0) is 54.8 Å². The summed E-state index contributed by atoms with van der Waals surface area (Å²) in [5.74, 6) is 0.0551. The first kappa shape index (κ1) is 30.7. The molecule has 0 atom stereocenters. The lowest BCUT2D eigenvalue weighted by atomic mass is 9.85. The number of para-hydroxylation sites is 1. The number of likely N-dealkylation sites (tertiary alicyclic amines) is 1. The molecule has 3 amide bonds. The van der Waals surface area contributed by atoms with E-state index in [0.29, 0.717) is 48.6 Å². The van der Waals surface area contributed by atoms with Gasteiger partial charge < -0.3 is 29.5 Å². The topological polar surface area (TPSA) is 91.4 Å². The van der Waals surface area contributed by atoms with Crippen LogP contribution in [0.4, 0.5) is 18.9 Å². The molecule has 44 heavy (non-hydrogen) atoms.